The number of hydrogen-bond acceptors (Lipinski definition) is 2. The highest BCUT2D eigenvalue weighted by atomic mass is 16.5. The summed E-state index contributed by atoms with van der Waals surface area (Å²) in [6.45, 7) is 1.99. The Hall–Kier alpha value is -0.860. The Morgan fingerprint density at radius 3 is 2.88 bits per heavy atom. The van der Waals surface area contributed by atoms with Crippen molar-refractivity contribution < 1.29 is 4.74 Å². The summed E-state index contributed by atoms with van der Waals surface area (Å²) < 4.78 is 5.65. The van der Waals surface area contributed by atoms with Gasteiger partial charge in [-0.25, -0.2) is 0 Å². The molecule has 2 atom stereocenters. The maximum absolute atomic E-state index is 5.65. The van der Waals surface area contributed by atoms with E-state index < -0.39 is 0 Å². The predicted octanol–water partition coefficient (Wildman–Crippen LogP) is 2.31. The van der Waals surface area contributed by atoms with Gasteiger partial charge in [-0.3, -0.25) is 0 Å². The zero-order chi connectivity index (χ0) is 11.5. The fraction of sp³-hybridized carbons (Fsp3) is 0.600. The molecule has 1 N–H and O–H groups in total. The van der Waals surface area contributed by atoms with Crippen LogP contribution < -0.4 is 5.32 Å². The molecule has 1 aliphatic heterocycles. The van der Waals surface area contributed by atoms with Gasteiger partial charge in [-0.15, -0.1) is 0 Å². The quantitative estimate of drug-likeness (QED) is 0.862. The van der Waals surface area contributed by atoms with Gasteiger partial charge in [0.2, 0.25) is 0 Å². The smallest absolute Gasteiger partial charge is 0.0700 e. The van der Waals surface area contributed by atoms with E-state index in [0.29, 0.717) is 12.1 Å². The molecule has 17 heavy (non-hydrogen) atoms. The zero-order valence-electron chi connectivity index (χ0n) is 10.3. The van der Waals surface area contributed by atoms with Crippen molar-refractivity contribution in [3.63, 3.8) is 0 Å². The second-order valence-corrected chi connectivity index (χ2v) is 5.25. The molecule has 2 nitrogen and oxygen atoms in total. The third kappa shape index (κ3) is 2.70. The van der Waals surface area contributed by atoms with Gasteiger partial charge >= 0.3 is 0 Å². The minimum absolute atomic E-state index is 0.465. The fourth-order valence-corrected chi connectivity index (χ4v) is 2.98. The lowest BCUT2D eigenvalue weighted by molar-refractivity contribution is 0.107. The van der Waals surface area contributed by atoms with E-state index in [0.717, 1.165) is 13.2 Å². The van der Waals surface area contributed by atoms with Crippen molar-refractivity contribution in [3.8, 4) is 0 Å². The summed E-state index contributed by atoms with van der Waals surface area (Å²) in [7, 11) is 0. The van der Waals surface area contributed by atoms with Crippen molar-refractivity contribution in [3.05, 3.63) is 35.4 Å². The van der Waals surface area contributed by atoms with Crippen LogP contribution in [-0.4, -0.2) is 25.3 Å². The van der Waals surface area contributed by atoms with Gasteiger partial charge < -0.3 is 10.1 Å². The standard InChI is InChI=1S/C15H21NO/c1-2-5-13-10-14(8-7-12(13)4-1)16-11-15-6-3-9-17-15/h1-2,4-5,14-16H,3,6-11H2/t14-,15+/m1/s1. The fourth-order valence-electron chi connectivity index (χ4n) is 2.98. The molecule has 2 heteroatoms. The average molecular weight is 231 g/mol. The molecule has 0 unspecified atom stereocenters. The first-order chi connectivity index (χ1) is 8.42. The highest BCUT2D eigenvalue weighted by molar-refractivity contribution is 5.30. The second-order valence-electron chi connectivity index (χ2n) is 5.25. The van der Waals surface area contributed by atoms with Crippen LogP contribution in [0.3, 0.4) is 0 Å². The molecule has 1 aromatic carbocycles. The van der Waals surface area contributed by atoms with Crippen LogP contribution in [0.1, 0.15) is 30.4 Å². The SMILES string of the molecule is c1ccc2c(c1)CC[C@@H](NC[C@@H]1CCCO1)C2. The summed E-state index contributed by atoms with van der Waals surface area (Å²) in [5.74, 6) is 0. The van der Waals surface area contributed by atoms with E-state index in [1.165, 1.54) is 37.7 Å². The molecule has 1 heterocycles. The molecule has 0 amide bonds. The lowest BCUT2D eigenvalue weighted by atomic mass is 9.88. The summed E-state index contributed by atoms with van der Waals surface area (Å²) in [5.41, 5.74) is 3.08. The summed E-state index contributed by atoms with van der Waals surface area (Å²) in [6.07, 6.45) is 6.61. The number of ether oxygens (including phenoxy) is 1. The number of nitrogens with one attached hydrogen (secondary N) is 1. The van der Waals surface area contributed by atoms with Crippen LogP contribution in [0.2, 0.25) is 0 Å². The van der Waals surface area contributed by atoms with Gasteiger partial charge in [0.1, 0.15) is 0 Å². The van der Waals surface area contributed by atoms with Crippen LogP contribution in [0.5, 0.6) is 0 Å². The Morgan fingerprint density at radius 1 is 1.18 bits per heavy atom. The summed E-state index contributed by atoms with van der Waals surface area (Å²) >= 11 is 0. The van der Waals surface area contributed by atoms with E-state index >= 15 is 0 Å². The van der Waals surface area contributed by atoms with Crippen LogP contribution in [0.15, 0.2) is 24.3 Å². The predicted molar refractivity (Wildman–Crippen MR) is 69.2 cm³/mol. The second kappa shape index (κ2) is 5.19. The van der Waals surface area contributed by atoms with Crippen molar-refractivity contribution in [1.82, 2.24) is 5.32 Å². The zero-order valence-corrected chi connectivity index (χ0v) is 10.3. The van der Waals surface area contributed by atoms with E-state index in [1.54, 1.807) is 5.56 Å². The van der Waals surface area contributed by atoms with E-state index in [4.69, 9.17) is 4.74 Å². The van der Waals surface area contributed by atoms with Gasteiger partial charge in [0.25, 0.3) is 0 Å². The first kappa shape index (κ1) is 11.2. The molecular formula is C15H21NO. The minimum atomic E-state index is 0.465. The third-order valence-electron chi connectivity index (χ3n) is 4.01. The summed E-state index contributed by atoms with van der Waals surface area (Å²) in [4.78, 5) is 0. The van der Waals surface area contributed by atoms with Gasteiger partial charge in [-0.1, -0.05) is 24.3 Å². The minimum Gasteiger partial charge on any atom is -0.377 e. The molecule has 1 aromatic rings. The number of fused-ring (bicyclic) bond motifs is 1. The topological polar surface area (TPSA) is 21.3 Å². The molecule has 0 bridgehead atoms. The molecule has 3 rings (SSSR count). The molecule has 0 radical (unpaired) electrons. The van der Waals surface area contributed by atoms with Gasteiger partial charge in [0.15, 0.2) is 0 Å². The van der Waals surface area contributed by atoms with Gasteiger partial charge in [0, 0.05) is 19.2 Å². The number of hydrogen-bond donors (Lipinski definition) is 1. The molecule has 1 fully saturated rings. The Kier molecular flexibility index (Phi) is 3.44. The number of rotatable bonds is 3. The first-order valence-corrected chi connectivity index (χ1v) is 6.83. The van der Waals surface area contributed by atoms with Crippen LogP contribution in [0.4, 0.5) is 0 Å². The van der Waals surface area contributed by atoms with Gasteiger partial charge in [-0.05, 0) is 43.2 Å². The number of benzene rings is 1. The van der Waals surface area contributed by atoms with E-state index in [-0.39, 0.29) is 0 Å². The monoisotopic (exact) mass is 231 g/mol. The molecule has 0 spiro atoms. The normalized spacial score (nSPS) is 28.0. The van der Waals surface area contributed by atoms with E-state index in [1.807, 2.05) is 0 Å². The van der Waals surface area contributed by atoms with Crippen molar-refractivity contribution in [2.75, 3.05) is 13.2 Å². The molecular weight excluding hydrogens is 210 g/mol. The Labute approximate surface area is 103 Å². The molecule has 92 valence electrons. The average Bonchev–Trinajstić information content (AvgIpc) is 2.89. The highest BCUT2D eigenvalue weighted by Gasteiger charge is 2.20. The van der Waals surface area contributed by atoms with Crippen molar-refractivity contribution >= 4 is 0 Å². The highest BCUT2D eigenvalue weighted by Crippen LogP contribution is 2.21. The third-order valence-corrected chi connectivity index (χ3v) is 4.01. The van der Waals surface area contributed by atoms with Crippen molar-refractivity contribution in [1.29, 1.82) is 0 Å². The molecule has 0 saturated carbocycles. The van der Waals surface area contributed by atoms with E-state index in [2.05, 4.69) is 29.6 Å². The molecule has 0 aromatic heterocycles. The maximum atomic E-state index is 5.65. The Balaban J connectivity index is 1.53. The summed E-state index contributed by atoms with van der Waals surface area (Å²) in [5, 5.41) is 3.68. The van der Waals surface area contributed by atoms with E-state index in [9.17, 15) is 0 Å². The lowest BCUT2D eigenvalue weighted by Gasteiger charge is -2.26. The largest absolute Gasteiger partial charge is 0.377 e. The summed E-state index contributed by atoms with van der Waals surface area (Å²) in [6, 6.07) is 9.50. The molecule has 2 aliphatic rings. The van der Waals surface area contributed by atoms with Crippen LogP contribution in [-0.2, 0) is 17.6 Å². The van der Waals surface area contributed by atoms with Crippen LogP contribution >= 0.6 is 0 Å². The van der Waals surface area contributed by atoms with Crippen molar-refractivity contribution in [2.45, 2.75) is 44.2 Å². The van der Waals surface area contributed by atoms with Gasteiger partial charge in [-0.2, -0.15) is 0 Å². The maximum Gasteiger partial charge on any atom is 0.0700 e. The molecule has 1 aliphatic carbocycles. The van der Waals surface area contributed by atoms with Crippen LogP contribution in [0, 0.1) is 0 Å². The van der Waals surface area contributed by atoms with Crippen molar-refractivity contribution in [2.24, 2.45) is 0 Å². The first-order valence-electron chi connectivity index (χ1n) is 6.83. The Morgan fingerprint density at radius 2 is 2.06 bits per heavy atom. The molecule has 1 saturated heterocycles. The van der Waals surface area contributed by atoms with Crippen LogP contribution in [0.25, 0.3) is 0 Å². The lowest BCUT2D eigenvalue weighted by Crippen LogP contribution is -2.39. The number of aryl methyl sites for hydroxylation is 1. The Bertz CT molecular complexity index is 371. The van der Waals surface area contributed by atoms with Gasteiger partial charge in [0.05, 0.1) is 6.10 Å².